The molecule has 0 aliphatic carbocycles. The number of nitrogens with one attached hydrogen (secondary N) is 1. The van der Waals surface area contributed by atoms with Crippen molar-refractivity contribution in [1.82, 2.24) is 15.1 Å². The van der Waals surface area contributed by atoms with Crippen molar-refractivity contribution in [2.24, 2.45) is 5.41 Å². The Kier molecular flexibility index (Phi) is 6.81. The van der Waals surface area contributed by atoms with Crippen LogP contribution in [0.25, 0.3) is 6.08 Å². The second kappa shape index (κ2) is 9.79. The predicted octanol–water partition coefficient (Wildman–Crippen LogP) is 3.15. The Labute approximate surface area is 196 Å². The maximum Gasteiger partial charge on any atom is 0.259 e. The molecule has 0 radical (unpaired) electrons. The molecule has 0 saturated carbocycles. The minimum Gasteiger partial charge on any atom is -0.465 e. The first-order chi connectivity index (χ1) is 16.3. The van der Waals surface area contributed by atoms with E-state index < -0.39 is 23.1 Å². The van der Waals surface area contributed by atoms with E-state index in [0.29, 0.717) is 44.8 Å². The number of aryl methyl sites for hydroxylation is 1. The van der Waals surface area contributed by atoms with Crippen molar-refractivity contribution < 1.29 is 27.6 Å². The molecule has 0 unspecified atom stereocenters. The number of amides is 3. The molecular formula is C25H27F2N3O4. The zero-order valence-electron chi connectivity index (χ0n) is 19.0. The van der Waals surface area contributed by atoms with E-state index in [0.717, 1.165) is 12.5 Å². The molecule has 2 saturated heterocycles. The number of rotatable bonds is 5. The monoisotopic (exact) mass is 471 g/mol. The first-order valence-corrected chi connectivity index (χ1v) is 11.3. The number of furan rings is 1. The Bertz CT molecular complexity index is 1110. The molecule has 7 nitrogen and oxygen atoms in total. The third-order valence-corrected chi connectivity index (χ3v) is 6.76. The zero-order chi connectivity index (χ0) is 24.3. The summed E-state index contributed by atoms with van der Waals surface area (Å²) in [5, 5.41) is 2.59. The topological polar surface area (TPSA) is 82.9 Å². The zero-order valence-corrected chi connectivity index (χ0v) is 19.0. The highest BCUT2D eigenvalue weighted by molar-refractivity contribution is 5.95. The van der Waals surface area contributed by atoms with Crippen LogP contribution in [0.2, 0.25) is 0 Å². The van der Waals surface area contributed by atoms with E-state index in [1.54, 1.807) is 17.0 Å². The summed E-state index contributed by atoms with van der Waals surface area (Å²) in [4.78, 5) is 40.5. The minimum atomic E-state index is -0.855. The van der Waals surface area contributed by atoms with Crippen LogP contribution >= 0.6 is 0 Å². The maximum atomic E-state index is 14.4. The molecule has 2 fully saturated rings. The molecule has 1 spiro atoms. The van der Waals surface area contributed by atoms with Gasteiger partial charge in [-0.05, 0) is 61.4 Å². The van der Waals surface area contributed by atoms with Crippen LogP contribution in [-0.2, 0) is 9.59 Å². The van der Waals surface area contributed by atoms with Crippen LogP contribution in [0.4, 0.5) is 8.78 Å². The lowest BCUT2D eigenvalue weighted by molar-refractivity contribution is -0.131. The summed E-state index contributed by atoms with van der Waals surface area (Å²) in [7, 11) is 0. The van der Waals surface area contributed by atoms with Gasteiger partial charge in [0.05, 0.1) is 12.8 Å². The van der Waals surface area contributed by atoms with E-state index in [9.17, 15) is 23.2 Å². The van der Waals surface area contributed by atoms with Crippen molar-refractivity contribution in [3.63, 3.8) is 0 Å². The van der Waals surface area contributed by atoms with Gasteiger partial charge in [-0.3, -0.25) is 14.4 Å². The highest BCUT2D eigenvalue weighted by Crippen LogP contribution is 2.40. The predicted molar refractivity (Wildman–Crippen MR) is 121 cm³/mol. The molecule has 4 rings (SSSR count). The van der Waals surface area contributed by atoms with Crippen molar-refractivity contribution in [3.8, 4) is 0 Å². The smallest absolute Gasteiger partial charge is 0.259 e. The van der Waals surface area contributed by atoms with Gasteiger partial charge in [0.15, 0.2) is 0 Å². The van der Waals surface area contributed by atoms with Crippen LogP contribution in [0.5, 0.6) is 0 Å². The fraction of sp³-hybridized carbons (Fsp3) is 0.400. The number of halogens is 2. The second-order valence-electron chi connectivity index (χ2n) is 8.98. The SMILES string of the molecule is Cc1ccc(F)c(C(=O)N2CCC3(CCN(C(=O)CNC(=O)C=Cc4ccco4)C3)CC2)c1F. The van der Waals surface area contributed by atoms with E-state index in [1.807, 2.05) is 0 Å². The second-order valence-corrected chi connectivity index (χ2v) is 8.98. The van der Waals surface area contributed by atoms with Crippen molar-refractivity contribution in [1.29, 1.82) is 0 Å². The molecule has 0 bridgehead atoms. The van der Waals surface area contributed by atoms with Gasteiger partial charge in [0.25, 0.3) is 5.91 Å². The molecule has 3 amide bonds. The number of carbonyl (C=O) groups excluding carboxylic acids is 3. The molecule has 0 atom stereocenters. The Morgan fingerprint density at radius 3 is 2.47 bits per heavy atom. The number of hydrogen-bond donors (Lipinski definition) is 1. The van der Waals surface area contributed by atoms with Crippen LogP contribution < -0.4 is 5.32 Å². The van der Waals surface area contributed by atoms with E-state index in [4.69, 9.17) is 4.42 Å². The Balaban J connectivity index is 1.27. The molecule has 3 heterocycles. The fourth-order valence-corrected chi connectivity index (χ4v) is 4.63. The molecule has 2 aliphatic heterocycles. The van der Waals surface area contributed by atoms with Gasteiger partial charge in [-0.2, -0.15) is 0 Å². The molecule has 2 aliphatic rings. The first-order valence-electron chi connectivity index (χ1n) is 11.3. The summed E-state index contributed by atoms with van der Waals surface area (Å²) in [5.74, 6) is -2.32. The largest absolute Gasteiger partial charge is 0.465 e. The van der Waals surface area contributed by atoms with E-state index in [2.05, 4.69) is 5.32 Å². The molecule has 1 aromatic heterocycles. The van der Waals surface area contributed by atoms with Gasteiger partial charge in [-0.15, -0.1) is 0 Å². The molecule has 34 heavy (non-hydrogen) atoms. The normalized spacial score (nSPS) is 17.5. The lowest BCUT2D eigenvalue weighted by Gasteiger charge is -2.39. The summed E-state index contributed by atoms with van der Waals surface area (Å²) in [6, 6.07) is 5.85. The summed E-state index contributed by atoms with van der Waals surface area (Å²) >= 11 is 0. The van der Waals surface area contributed by atoms with Crippen LogP contribution in [0.15, 0.2) is 41.0 Å². The van der Waals surface area contributed by atoms with Crippen molar-refractivity contribution in [2.75, 3.05) is 32.7 Å². The summed E-state index contributed by atoms with van der Waals surface area (Å²) in [6.07, 6.45) is 6.42. The van der Waals surface area contributed by atoms with Gasteiger partial charge in [0.2, 0.25) is 11.8 Å². The molecule has 1 aromatic carbocycles. The Morgan fingerprint density at radius 1 is 1.09 bits per heavy atom. The van der Waals surface area contributed by atoms with Gasteiger partial charge < -0.3 is 19.5 Å². The lowest BCUT2D eigenvalue weighted by Crippen LogP contribution is -2.46. The highest BCUT2D eigenvalue weighted by atomic mass is 19.1. The van der Waals surface area contributed by atoms with Crippen molar-refractivity contribution >= 4 is 23.8 Å². The average Bonchev–Trinajstić information content (AvgIpc) is 3.50. The van der Waals surface area contributed by atoms with Crippen LogP contribution in [0, 0.1) is 24.0 Å². The van der Waals surface area contributed by atoms with Crippen LogP contribution in [0.3, 0.4) is 0 Å². The van der Waals surface area contributed by atoms with Gasteiger partial charge in [0, 0.05) is 32.3 Å². The van der Waals surface area contributed by atoms with Crippen LogP contribution in [-0.4, -0.2) is 60.2 Å². The van der Waals surface area contributed by atoms with Crippen LogP contribution in [0.1, 0.15) is 40.9 Å². The van der Waals surface area contributed by atoms with Crippen molar-refractivity contribution in [3.05, 3.63) is 65.1 Å². The fourth-order valence-electron chi connectivity index (χ4n) is 4.63. The van der Waals surface area contributed by atoms with Gasteiger partial charge in [0.1, 0.15) is 23.0 Å². The van der Waals surface area contributed by atoms with Gasteiger partial charge in [-0.1, -0.05) is 6.07 Å². The van der Waals surface area contributed by atoms with Gasteiger partial charge >= 0.3 is 0 Å². The molecular weight excluding hydrogens is 444 g/mol. The number of carbonyl (C=O) groups is 3. The van der Waals surface area contributed by atoms with E-state index in [1.165, 1.54) is 36.3 Å². The third kappa shape index (κ3) is 5.03. The minimum absolute atomic E-state index is 0.103. The highest BCUT2D eigenvalue weighted by Gasteiger charge is 2.43. The summed E-state index contributed by atoms with van der Waals surface area (Å²) < 4.78 is 33.6. The third-order valence-electron chi connectivity index (χ3n) is 6.76. The molecule has 9 heteroatoms. The molecule has 180 valence electrons. The quantitative estimate of drug-likeness (QED) is 0.680. The lowest BCUT2D eigenvalue weighted by atomic mass is 9.77. The number of nitrogens with zero attached hydrogens (tertiary/aromatic N) is 2. The first kappa shape index (κ1) is 23.7. The van der Waals surface area contributed by atoms with Crippen molar-refractivity contribution in [2.45, 2.75) is 26.2 Å². The Morgan fingerprint density at radius 2 is 1.79 bits per heavy atom. The van der Waals surface area contributed by atoms with E-state index >= 15 is 0 Å². The number of piperidine rings is 1. The summed E-state index contributed by atoms with van der Waals surface area (Å²) in [6.45, 7) is 3.27. The maximum absolute atomic E-state index is 14.4. The van der Waals surface area contributed by atoms with Gasteiger partial charge in [-0.25, -0.2) is 8.78 Å². The molecule has 1 N–H and O–H groups in total. The van der Waals surface area contributed by atoms with E-state index in [-0.39, 0.29) is 29.3 Å². The molecule has 2 aromatic rings. The summed E-state index contributed by atoms with van der Waals surface area (Å²) in [5.41, 5.74) is -0.401. The number of likely N-dealkylation sites (tertiary alicyclic amines) is 2. The average molecular weight is 472 g/mol. The number of benzene rings is 1. The standard InChI is InChI=1S/C25H27F2N3O4/c1-17-4-6-19(26)22(23(17)27)24(33)29-11-8-25(9-12-29)10-13-30(16-25)21(32)15-28-20(31)7-5-18-3-2-14-34-18/h2-7,14H,8-13,15-16H2,1H3,(H,28,31). The Hall–Kier alpha value is -3.49. The number of hydrogen-bond acceptors (Lipinski definition) is 4.